The van der Waals surface area contributed by atoms with E-state index in [1.54, 1.807) is 6.20 Å². The van der Waals surface area contributed by atoms with Crippen molar-refractivity contribution in [2.45, 2.75) is 19.5 Å². The molecule has 1 amide bonds. The van der Waals surface area contributed by atoms with Crippen molar-refractivity contribution in [3.05, 3.63) is 38.2 Å². The molecule has 24 heavy (non-hydrogen) atoms. The number of piperidine rings is 1. The fourth-order valence-corrected chi connectivity index (χ4v) is 3.43. The van der Waals surface area contributed by atoms with Crippen molar-refractivity contribution in [3.8, 4) is 0 Å². The van der Waals surface area contributed by atoms with Gasteiger partial charge in [-0.25, -0.2) is 9.67 Å². The highest BCUT2D eigenvalue weighted by atomic mass is 35.5. The van der Waals surface area contributed by atoms with Crippen molar-refractivity contribution in [1.29, 1.82) is 0 Å². The highest BCUT2D eigenvalue weighted by Gasteiger charge is 2.26. The Bertz CT molecular complexity index is 780. The van der Waals surface area contributed by atoms with Crippen LogP contribution in [-0.2, 0) is 11.5 Å². The molecule has 1 fully saturated rings. The van der Waals surface area contributed by atoms with Gasteiger partial charge in [0.1, 0.15) is 5.02 Å². The Balaban J connectivity index is 1.64. The number of aromatic nitrogens is 3. The van der Waals surface area contributed by atoms with Gasteiger partial charge in [-0.15, -0.1) is 11.3 Å². The molecule has 128 valence electrons. The third-order valence-corrected chi connectivity index (χ3v) is 5.25. The average molecular weight is 388 g/mol. The molecule has 0 bridgehead atoms. The second-order valence-electron chi connectivity index (χ2n) is 5.50. The van der Waals surface area contributed by atoms with E-state index in [-0.39, 0.29) is 28.5 Å². The molecule has 1 saturated heterocycles. The number of carbonyl (C=O) groups is 1. The van der Waals surface area contributed by atoms with Gasteiger partial charge in [0.25, 0.3) is 5.56 Å². The Morgan fingerprint density at radius 2 is 2.29 bits per heavy atom. The minimum atomic E-state index is -0.432. The van der Waals surface area contributed by atoms with Crippen molar-refractivity contribution in [2.24, 2.45) is 5.92 Å². The lowest BCUT2D eigenvalue weighted by atomic mass is 9.97. The van der Waals surface area contributed by atoms with Crippen molar-refractivity contribution in [1.82, 2.24) is 19.7 Å². The Morgan fingerprint density at radius 1 is 1.46 bits per heavy atom. The Kier molecular flexibility index (Phi) is 5.50. The predicted octanol–water partition coefficient (Wildman–Crippen LogP) is 2.31. The van der Waals surface area contributed by atoms with Crippen LogP contribution >= 0.6 is 34.5 Å². The van der Waals surface area contributed by atoms with Crippen LogP contribution in [-0.4, -0.2) is 38.7 Å². The van der Waals surface area contributed by atoms with Crippen LogP contribution in [0.1, 0.15) is 12.8 Å². The fraction of sp³-hybridized carbons (Fsp3) is 0.429. The van der Waals surface area contributed by atoms with Crippen molar-refractivity contribution in [2.75, 3.05) is 18.4 Å². The summed E-state index contributed by atoms with van der Waals surface area (Å²) in [5.41, 5.74) is -0.432. The fourth-order valence-electron chi connectivity index (χ4n) is 2.63. The number of halogens is 2. The number of amides is 1. The maximum absolute atomic E-state index is 12.3. The number of hydrogen-bond donors (Lipinski definition) is 1. The number of nitrogens with one attached hydrogen (secondary N) is 1. The SMILES string of the molecule is O=C(Nc1nccs1)C1CCCN(Cn2ncc(Cl)c(Cl)c2=O)C1. The lowest BCUT2D eigenvalue weighted by Crippen LogP contribution is -2.43. The van der Waals surface area contributed by atoms with E-state index in [2.05, 4.69) is 15.4 Å². The summed E-state index contributed by atoms with van der Waals surface area (Å²) in [6.07, 6.45) is 4.67. The first-order valence-electron chi connectivity index (χ1n) is 7.38. The van der Waals surface area contributed by atoms with Crippen LogP contribution < -0.4 is 10.9 Å². The average Bonchev–Trinajstić information content (AvgIpc) is 3.09. The van der Waals surface area contributed by atoms with Crippen LogP contribution in [0.2, 0.25) is 10.0 Å². The number of likely N-dealkylation sites (tertiary alicyclic amines) is 1. The van der Waals surface area contributed by atoms with E-state index < -0.39 is 5.56 Å². The summed E-state index contributed by atoms with van der Waals surface area (Å²) in [4.78, 5) is 30.5. The highest BCUT2D eigenvalue weighted by Crippen LogP contribution is 2.20. The molecular weight excluding hydrogens is 373 g/mol. The molecule has 3 heterocycles. The molecule has 0 aliphatic carbocycles. The van der Waals surface area contributed by atoms with Crippen LogP contribution in [0, 0.1) is 5.92 Å². The van der Waals surface area contributed by atoms with Crippen LogP contribution in [0.15, 0.2) is 22.6 Å². The van der Waals surface area contributed by atoms with E-state index in [1.165, 1.54) is 22.2 Å². The minimum Gasteiger partial charge on any atom is -0.302 e. The summed E-state index contributed by atoms with van der Waals surface area (Å²) >= 11 is 13.0. The van der Waals surface area contributed by atoms with Gasteiger partial charge in [0.2, 0.25) is 5.91 Å². The van der Waals surface area contributed by atoms with Crippen LogP contribution in [0.3, 0.4) is 0 Å². The van der Waals surface area contributed by atoms with Gasteiger partial charge < -0.3 is 5.32 Å². The van der Waals surface area contributed by atoms with Crippen molar-refractivity contribution < 1.29 is 4.79 Å². The third-order valence-electron chi connectivity index (χ3n) is 3.82. The first-order chi connectivity index (χ1) is 11.5. The van der Waals surface area contributed by atoms with E-state index in [9.17, 15) is 9.59 Å². The van der Waals surface area contributed by atoms with E-state index in [0.29, 0.717) is 11.7 Å². The molecule has 2 aromatic heterocycles. The number of hydrogen-bond acceptors (Lipinski definition) is 6. The number of nitrogens with zero attached hydrogens (tertiary/aromatic N) is 4. The molecule has 1 aliphatic rings. The lowest BCUT2D eigenvalue weighted by molar-refractivity contribution is -0.121. The molecule has 10 heteroatoms. The molecule has 0 aromatic carbocycles. The van der Waals surface area contributed by atoms with Gasteiger partial charge in [-0.2, -0.15) is 5.10 Å². The second kappa shape index (κ2) is 7.60. The van der Waals surface area contributed by atoms with Gasteiger partial charge in [-0.1, -0.05) is 23.2 Å². The Labute approximate surface area is 152 Å². The smallest absolute Gasteiger partial charge is 0.288 e. The van der Waals surface area contributed by atoms with E-state index in [1.807, 2.05) is 10.3 Å². The number of thiazole rings is 1. The van der Waals surface area contributed by atoms with E-state index in [4.69, 9.17) is 23.2 Å². The highest BCUT2D eigenvalue weighted by molar-refractivity contribution is 7.13. The van der Waals surface area contributed by atoms with E-state index >= 15 is 0 Å². The van der Waals surface area contributed by atoms with Gasteiger partial charge in [0, 0.05) is 18.1 Å². The largest absolute Gasteiger partial charge is 0.302 e. The molecule has 0 radical (unpaired) electrons. The molecule has 0 spiro atoms. The number of rotatable bonds is 4. The van der Waals surface area contributed by atoms with Crippen LogP contribution in [0.25, 0.3) is 0 Å². The summed E-state index contributed by atoms with van der Waals surface area (Å²) in [5.74, 6) is -0.204. The van der Waals surface area contributed by atoms with Gasteiger partial charge in [-0.05, 0) is 19.4 Å². The van der Waals surface area contributed by atoms with Crippen LogP contribution in [0.4, 0.5) is 5.13 Å². The molecule has 3 rings (SSSR count). The maximum Gasteiger partial charge on any atom is 0.288 e. The number of anilines is 1. The zero-order valence-electron chi connectivity index (χ0n) is 12.6. The third kappa shape index (κ3) is 3.94. The molecule has 1 unspecified atom stereocenters. The molecule has 1 atom stereocenters. The summed E-state index contributed by atoms with van der Waals surface area (Å²) < 4.78 is 1.26. The monoisotopic (exact) mass is 387 g/mol. The first kappa shape index (κ1) is 17.3. The quantitative estimate of drug-likeness (QED) is 0.870. The predicted molar refractivity (Wildman–Crippen MR) is 93.6 cm³/mol. The molecule has 7 nitrogen and oxygen atoms in total. The van der Waals surface area contributed by atoms with Crippen molar-refractivity contribution >= 4 is 45.6 Å². The van der Waals surface area contributed by atoms with Crippen LogP contribution in [0.5, 0.6) is 0 Å². The molecule has 1 N–H and O–H groups in total. The maximum atomic E-state index is 12.3. The van der Waals surface area contributed by atoms with Gasteiger partial charge in [0.15, 0.2) is 5.13 Å². The molecule has 0 saturated carbocycles. The van der Waals surface area contributed by atoms with Gasteiger partial charge in [0.05, 0.1) is 23.8 Å². The summed E-state index contributed by atoms with van der Waals surface area (Å²) in [5, 5.41) is 9.33. The van der Waals surface area contributed by atoms with E-state index in [0.717, 1.165) is 19.4 Å². The second-order valence-corrected chi connectivity index (χ2v) is 7.17. The minimum absolute atomic E-state index is 0.0401. The zero-order chi connectivity index (χ0) is 17.1. The van der Waals surface area contributed by atoms with Gasteiger partial charge >= 0.3 is 0 Å². The van der Waals surface area contributed by atoms with Gasteiger partial charge in [-0.3, -0.25) is 14.5 Å². The molecule has 1 aliphatic heterocycles. The van der Waals surface area contributed by atoms with Crippen molar-refractivity contribution in [3.63, 3.8) is 0 Å². The Hall–Kier alpha value is -1.48. The summed E-state index contributed by atoms with van der Waals surface area (Å²) in [7, 11) is 0. The normalized spacial score (nSPS) is 18.5. The topological polar surface area (TPSA) is 80.1 Å². The Morgan fingerprint density at radius 3 is 3.04 bits per heavy atom. The number of carbonyl (C=O) groups excluding carboxylic acids is 1. The lowest BCUT2D eigenvalue weighted by Gasteiger charge is -2.31. The molecule has 2 aromatic rings. The summed E-state index contributed by atoms with van der Waals surface area (Å²) in [6.45, 7) is 1.61. The summed E-state index contributed by atoms with van der Waals surface area (Å²) in [6, 6.07) is 0. The molecular formula is C14H15Cl2N5O2S. The first-order valence-corrected chi connectivity index (χ1v) is 9.02. The zero-order valence-corrected chi connectivity index (χ0v) is 14.9. The standard InChI is InChI=1S/C14H15Cl2N5O2S/c15-10-6-18-21(13(23)11(10)16)8-20-4-1-2-9(7-20)12(22)19-14-17-3-5-24-14/h3,5-6,9H,1-2,4,7-8H2,(H,17,19,22).